The van der Waals surface area contributed by atoms with E-state index in [1.807, 2.05) is 10.0 Å². The lowest BCUT2D eigenvalue weighted by atomic mass is 10.1. The molecule has 0 spiro atoms. The fourth-order valence-electron chi connectivity index (χ4n) is 2.06. The number of benzene rings is 2. The van der Waals surface area contributed by atoms with Crippen molar-refractivity contribution in [2.45, 2.75) is 33.4 Å². The average Bonchev–Trinajstić information content (AvgIpc) is 2.62. The van der Waals surface area contributed by atoms with Crippen LogP contribution >= 0.6 is 23.4 Å². The number of alkyl halides is 3. The minimum Gasteiger partial charge on any atom is -0.373 e. The summed E-state index contributed by atoms with van der Waals surface area (Å²) in [6, 6.07) is 9.69. The van der Waals surface area contributed by atoms with Gasteiger partial charge in [0.15, 0.2) is 5.96 Å². The standard InChI is InChI=1S/C17H16ClF3N4O4S2/c1-16(27,17(19,20)21)14(26)24-13-7-4-10(8-12(13)18)30-9-2-5-11(6-3-9)31(28,29)25-15(22)23/h2-8,27H,1H3,(H,24,26)(H4,22,23,25)/t16-/m1/s1. The Hall–Kier alpha value is -2.48. The van der Waals surface area contributed by atoms with E-state index in [2.05, 4.69) is 0 Å². The number of carbonyl (C=O) groups is 1. The highest BCUT2D eigenvalue weighted by molar-refractivity contribution is 7.99. The van der Waals surface area contributed by atoms with Crippen LogP contribution in [-0.2, 0) is 14.8 Å². The Labute approximate surface area is 184 Å². The lowest BCUT2D eigenvalue weighted by Gasteiger charge is -2.25. The molecule has 2 aromatic carbocycles. The van der Waals surface area contributed by atoms with Crippen molar-refractivity contribution in [1.29, 1.82) is 5.41 Å². The molecule has 14 heteroatoms. The van der Waals surface area contributed by atoms with Crippen LogP contribution in [0.4, 0.5) is 18.9 Å². The van der Waals surface area contributed by atoms with Gasteiger partial charge in [-0.25, -0.2) is 13.1 Å². The summed E-state index contributed by atoms with van der Waals surface area (Å²) in [7, 11) is -3.97. The van der Waals surface area contributed by atoms with Crippen molar-refractivity contribution in [2.24, 2.45) is 5.73 Å². The quantitative estimate of drug-likeness (QED) is 0.307. The Bertz CT molecular complexity index is 1110. The largest absolute Gasteiger partial charge is 0.426 e. The zero-order valence-electron chi connectivity index (χ0n) is 15.6. The molecule has 0 heterocycles. The molecule has 0 bridgehead atoms. The second kappa shape index (κ2) is 8.94. The van der Waals surface area contributed by atoms with Gasteiger partial charge in [0.25, 0.3) is 15.9 Å². The Morgan fingerprint density at radius 3 is 2.19 bits per heavy atom. The lowest BCUT2D eigenvalue weighted by molar-refractivity contribution is -0.242. The Morgan fingerprint density at radius 2 is 1.71 bits per heavy atom. The van der Waals surface area contributed by atoms with Crippen LogP contribution in [0, 0.1) is 5.41 Å². The molecule has 0 saturated heterocycles. The molecular weight excluding hydrogens is 481 g/mol. The molecule has 168 valence electrons. The number of guanidine groups is 1. The molecule has 0 aliphatic rings. The van der Waals surface area contributed by atoms with Gasteiger partial charge >= 0.3 is 6.18 Å². The maximum atomic E-state index is 12.8. The molecule has 2 rings (SSSR count). The predicted molar refractivity (Wildman–Crippen MR) is 110 cm³/mol. The van der Waals surface area contributed by atoms with Crippen molar-refractivity contribution in [2.75, 3.05) is 5.32 Å². The number of carbonyl (C=O) groups excluding carboxylic acids is 1. The van der Waals surface area contributed by atoms with Crippen LogP contribution in [-0.4, -0.2) is 37.2 Å². The van der Waals surface area contributed by atoms with Crippen molar-refractivity contribution in [3.05, 3.63) is 47.5 Å². The van der Waals surface area contributed by atoms with E-state index in [0.717, 1.165) is 11.8 Å². The van der Waals surface area contributed by atoms with Gasteiger partial charge in [-0.3, -0.25) is 10.2 Å². The molecule has 31 heavy (non-hydrogen) atoms. The molecule has 2 aromatic rings. The summed E-state index contributed by atoms with van der Waals surface area (Å²) in [6.45, 7) is 0.330. The maximum absolute atomic E-state index is 12.8. The van der Waals surface area contributed by atoms with Crippen molar-refractivity contribution in [3.8, 4) is 0 Å². The van der Waals surface area contributed by atoms with E-state index < -0.39 is 33.7 Å². The normalized spacial score (nSPS) is 13.9. The van der Waals surface area contributed by atoms with Gasteiger partial charge in [-0.1, -0.05) is 23.4 Å². The van der Waals surface area contributed by atoms with Gasteiger partial charge in [0.1, 0.15) is 0 Å². The van der Waals surface area contributed by atoms with E-state index in [1.165, 1.54) is 42.5 Å². The number of amides is 1. The number of nitrogens with two attached hydrogens (primary N) is 1. The van der Waals surface area contributed by atoms with Gasteiger partial charge in [0.05, 0.1) is 15.6 Å². The second-order valence-corrected chi connectivity index (χ2v) is 9.49. The van der Waals surface area contributed by atoms with Gasteiger partial charge in [-0.15, -0.1) is 0 Å². The SMILES string of the molecule is C[C@@](O)(C(=O)Nc1ccc(Sc2ccc(S(=O)(=O)NC(=N)N)cc2)cc1Cl)C(F)(F)F. The maximum Gasteiger partial charge on any atom is 0.426 e. The molecule has 1 atom stereocenters. The number of anilines is 1. The van der Waals surface area contributed by atoms with E-state index in [-0.39, 0.29) is 15.6 Å². The molecule has 6 N–H and O–H groups in total. The number of aliphatic hydroxyl groups is 1. The van der Waals surface area contributed by atoms with Crippen LogP contribution in [0.25, 0.3) is 0 Å². The highest BCUT2D eigenvalue weighted by atomic mass is 35.5. The van der Waals surface area contributed by atoms with Crippen molar-refractivity contribution in [3.63, 3.8) is 0 Å². The predicted octanol–water partition coefficient (Wildman–Crippen LogP) is 2.91. The third-order valence-electron chi connectivity index (χ3n) is 3.80. The Kier molecular flexibility index (Phi) is 7.15. The number of nitrogens with one attached hydrogen (secondary N) is 3. The van der Waals surface area contributed by atoms with Crippen LogP contribution in [0.3, 0.4) is 0 Å². The van der Waals surface area contributed by atoms with Crippen LogP contribution in [0.1, 0.15) is 6.92 Å². The molecule has 0 unspecified atom stereocenters. The minimum atomic E-state index is -5.17. The van der Waals surface area contributed by atoms with Gasteiger partial charge < -0.3 is 16.2 Å². The van der Waals surface area contributed by atoms with Crippen LogP contribution < -0.4 is 15.8 Å². The molecule has 0 aliphatic heterocycles. The first-order chi connectivity index (χ1) is 14.1. The molecule has 0 aromatic heterocycles. The van der Waals surface area contributed by atoms with Gasteiger partial charge in [-0.2, -0.15) is 13.2 Å². The van der Waals surface area contributed by atoms with E-state index >= 15 is 0 Å². The van der Waals surface area contributed by atoms with Crippen molar-refractivity contribution in [1.82, 2.24) is 4.72 Å². The number of sulfonamides is 1. The summed E-state index contributed by atoms with van der Waals surface area (Å²) in [5.74, 6) is -2.41. The van der Waals surface area contributed by atoms with Crippen molar-refractivity contribution < 1.29 is 31.5 Å². The molecule has 1 amide bonds. The molecule has 8 nitrogen and oxygen atoms in total. The molecule has 0 radical (unpaired) electrons. The number of hydrogen-bond donors (Lipinski definition) is 5. The summed E-state index contributed by atoms with van der Waals surface area (Å²) in [4.78, 5) is 12.8. The summed E-state index contributed by atoms with van der Waals surface area (Å²) in [6.07, 6.45) is -5.17. The number of halogens is 4. The van der Waals surface area contributed by atoms with Crippen LogP contribution in [0.5, 0.6) is 0 Å². The van der Waals surface area contributed by atoms with Crippen LogP contribution in [0.15, 0.2) is 57.2 Å². The molecule has 0 aliphatic carbocycles. The zero-order chi connectivity index (χ0) is 23.6. The number of hydrogen-bond acceptors (Lipinski definition) is 6. The third kappa shape index (κ3) is 6.03. The van der Waals surface area contributed by atoms with E-state index in [4.69, 9.17) is 22.7 Å². The highest BCUT2D eigenvalue weighted by Crippen LogP contribution is 2.35. The van der Waals surface area contributed by atoms with E-state index in [0.29, 0.717) is 16.7 Å². The molecular formula is C17H16ClF3N4O4S2. The Morgan fingerprint density at radius 1 is 1.16 bits per heavy atom. The first-order valence-electron chi connectivity index (χ1n) is 8.18. The zero-order valence-corrected chi connectivity index (χ0v) is 18.0. The van der Waals surface area contributed by atoms with Gasteiger partial charge in [0, 0.05) is 9.79 Å². The average molecular weight is 497 g/mol. The second-order valence-electron chi connectivity index (χ2n) is 6.26. The van der Waals surface area contributed by atoms with E-state index in [9.17, 15) is 31.5 Å². The fraction of sp³-hybridized carbons (Fsp3) is 0.176. The smallest absolute Gasteiger partial charge is 0.373 e. The van der Waals surface area contributed by atoms with Crippen LogP contribution in [0.2, 0.25) is 5.02 Å². The van der Waals surface area contributed by atoms with Gasteiger partial charge in [0.2, 0.25) is 5.60 Å². The molecule has 0 fully saturated rings. The van der Waals surface area contributed by atoms with Crippen molar-refractivity contribution >= 4 is 50.9 Å². The third-order valence-corrected chi connectivity index (χ3v) is 6.49. The Balaban J connectivity index is 2.14. The first-order valence-corrected chi connectivity index (χ1v) is 10.9. The molecule has 0 saturated carbocycles. The summed E-state index contributed by atoms with van der Waals surface area (Å²) >= 11 is 7.19. The summed E-state index contributed by atoms with van der Waals surface area (Å²) in [5.41, 5.74) is 1.31. The van der Waals surface area contributed by atoms with Gasteiger partial charge in [-0.05, 0) is 49.4 Å². The summed E-state index contributed by atoms with van der Waals surface area (Å²) in [5, 5.41) is 18.3. The number of rotatable bonds is 6. The monoisotopic (exact) mass is 496 g/mol. The van der Waals surface area contributed by atoms with E-state index in [1.54, 1.807) is 0 Å². The lowest BCUT2D eigenvalue weighted by Crippen LogP contribution is -2.52. The highest BCUT2D eigenvalue weighted by Gasteiger charge is 2.55. The topological polar surface area (TPSA) is 145 Å². The fourth-order valence-corrected chi connectivity index (χ4v) is 4.11. The summed E-state index contributed by atoms with van der Waals surface area (Å²) < 4.78 is 64.0. The minimum absolute atomic E-state index is 0.0684. The first kappa shape index (κ1) is 24.8.